The molecule has 0 spiro atoms. The van der Waals surface area contributed by atoms with E-state index >= 15 is 0 Å². The molecule has 11 heavy (non-hydrogen) atoms. The van der Waals surface area contributed by atoms with E-state index in [1.165, 1.54) is 0 Å². The molecule has 0 N–H and O–H groups in total. The zero-order chi connectivity index (χ0) is 8.27. The summed E-state index contributed by atoms with van der Waals surface area (Å²) < 4.78 is 0. The Hall–Kier alpha value is -1.08. The molecule has 1 aromatic rings. The van der Waals surface area contributed by atoms with E-state index in [0.717, 1.165) is 11.1 Å². The van der Waals surface area contributed by atoms with Gasteiger partial charge in [0.2, 0.25) is 0 Å². The van der Waals surface area contributed by atoms with E-state index in [1.54, 1.807) is 12.3 Å². The van der Waals surface area contributed by atoms with Gasteiger partial charge in [0.25, 0.3) is 0 Å². The smallest absolute Gasteiger partial charge is 0.136 e. The van der Waals surface area contributed by atoms with Gasteiger partial charge in [-0.15, -0.1) is 0 Å². The second-order valence-electron chi connectivity index (χ2n) is 2.07. The predicted octanol–water partition coefficient (Wildman–Crippen LogP) is 2.93. The van der Waals surface area contributed by atoms with E-state index in [9.17, 15) is 0 Å². The predicted molar refractivity (Wildman–Crippen MR) is 48.5 cm³/mol. The summed E-state index contributed by atoms with van der Waals surface area (Å²) in [7, 11) is 0. The molecule has 0 aromatic carbocycles. The van der Waals surface area contributed by atoms with Crippen LogP contribution in [-0.2, 0) is 0 Å². The minimum atomic E-state index is 0.470. The van der Waals surface area contributed by atoms with Gasteiger partial charge in [0.15, 0.2) is 0 Å². The van der Waals surface area contributed by atoms with Crippen molar-refractivity contribution in [2.45, 2.75) is 0 Å². The third kappa shape index (κ3) is 1.69. The first kappa shape index (κ1) is 8.02. The number of pyridine rings is 1. The first-order valence-electron chi connectivity index (χ1n) is 3.18. The Morgan fingerprint density at radius 1 is 1.64 bits per heavy atom. The Labute approximate surface area is 71.0 Å². The number of hydrogen-bond acceptors (Lipinski definition) is 1. The highest BCUT2D eigenvalue weighted by Gasteiger charge is 1.99. The molecule has 0 unspecified atom stereocenters. The van der Waals surface area contributed by atoms with Gasteiger partial charge in [0.05, 0.1) is 0 Å². The number of aromatic nitrogens is 1. The zero-order valence-corrected chi connectivity index (χ0v) is 6.80. The van der Waals surface area contributed by atoms with Crippen LogP contribution in [0.5, 0.6) is 0 Å². The van der Waals surface area contributed by atoms with Gasteiger partial charge in [0, 0.05) is 11.8 Å². The van der Waals surface area contributed by atoms with Crippen LogP contribution in [0.4, 0.5) is 0 Å². The Bertz CT molecular complexity index is 291. The van der Waals surface area contributed by atoms with Crippen LogP contribution in [0.1, 0.15) is 5.56 Å². The maximum Gasteiger partial charge on any atom is 0.136 e. The minimum absolute atomic E-state index is 0.470. The summed E-state index contributed by atoms with van der Waals surface area (Å²) in [4.78, 5) is 3.90. The van der Waals surface area contributed by atoms with E-state index in [-0.39, 0.29) is 0 Å². The number of allylic oxidation sites excluding steroid dienone is 2. The first-order chi connectivity index (χ1) is 5.25. The lowest BCUT2D eigenvalue weighted by molar-refractivity contribution is 1.31. The van der Waals surface area contributed by atoms with Crippen LogP contribution in [0.25, 0.3) is 5.57 Å². The first-order valence-corrected chi connectivity index (χ1v) is 3.55. The van der Waals surface area contributed by atoms with Gasteiger partial charge < -0.3 is 0 Å². The highest BCUT2D eigenvalue weighted by molar-refractivity contribution is 6.31. The minimum Gasteiger partial charge on any atom is -0.244 e. The van der Waals surface area contributed by atoms with E-state index in [0.29, 0.717) is 5.15 Å². The molecular formula is C9H8ClN. The average molecular weight is 166 g/mol. The van der Waals surface area contributed by atoms with Crippen LogP contribution in [0, 0.1) is 0 Å². The van der Waals surface area contributed by atoms with Crippen molar-refractivity contribution in [2.75, 3.05) is 0 Å². The molecule has 0 radical (unpaired) electrons. The second kappa shape index (κ2) is 3.35. The number of nitrogens with zero attached hydrogens (tertiary/aromatic N) is 1. The fraction of sp³-hybridized carbons (Fsp3) is 0. The summed E-state index contributed by atoms with van der Waals surface area (Å²) in [5, 5.41) is 0.470. The Morgan fingerprint density at radius 2 is 2.36 bits per heavy atom. The molecule has 1 nitrogen and oxygen atoms in total. The van der Waals surface area contributed by atoms with Crippen LogP contribution in [0.15, 0.2) is 37.6 Å². The quantitative estimate of drug-likeness (QED) is 0.485. The van der Waals surface area contributed by atoms with Crippen LogP contribution >= 0.6 is 11.6 Å². The summed E-state index contributed by atoms with van der Waals surface area (Å²) in [5.74, 6) is 0. The monoisotopic (exact) mass is 165 g/mol. The lowest BCUT2D eigenvalue weighted by Crippen LogP contribution is -1.82. The van der Waals surface area contributed by atoms with Crippen LogP contribution in [0.2, 0.25) is 5.15 Å². The lowest BCUT2D eigenvalue weighted by atomic mass is 10.1. The summed E-state index contributed by atoms with van der Waals surface area (Å²) in [6.07, 6.45) is 3.30. The second-order valence-corrected chi connectivity index (χ2v) is 2.43. The number of hydrogen-bond donors (Lipinski definition) is 0. The number of rotatable bonds is 2. The summed E-state index contributed by atoms with van der Waals surface area (Å²) in [5.41, 5.74) is 1.63. The van der Waals surface area contributed by atoms with Crippen LogP contribution < -0.4 is 0 Å². The maximum absolute atomic E-state index is 5.78. The van der Waals surface area contributed by atoms with Crippen LogP contribution in [-0.4, -0.2) is 4.98 Å². The molecule has 0 atom stereocenters. The Morgan fingerprint density at radius 3 is 2.91 bits per heavy atom. The van der Waals surface area contributed by atoms with Crippen molar-refractivity contribution in [2.24, 2.45) is 0 Å². The molecule has 0 saturated carbocycles. The fourth-order valence-electron chi connectivity index (χ4n) is 0.736. The van der Waals surface area contributed by atoms with Gasteiger partial charge in [-0.05, 0) is 17.7 Å². The Kier molecular flexibility index (Phi) is 2.44. The number of halogens is 1. The zero-order valence-electron chi connectivity index (χ0n) is 6.05. The molecular weight excluding hydrogens is 158 g/mol. The topological polar surface area (TPSA) is 12.9 Å². The molecule has 1 rings (SSSR count). The molecule has 0 aliphatic heterocycles. The standard InChI is InChI=1S/C9H8ClN/c1-3-7(2)8-5-4-6-11-9(8)10/h3-6H,1-2H2. The van der Waals surface area contributed by atoms with Crippen molar-refractivity contribution < 1.29 is 0 Å². The summed E-state index contributed by atoms with van der Waals surface area (Å²) in [6, 6.07) is 3.68. The molecule has 1 aromatic heterocycles. The van der Waals surface area contributed by atoms with Gasteiger partial charge in [-0.25, -0.2) is 4.98 Å². The fourth-order valence-corrected chi connectivity index (χ4v) is 0.976. The van der Waals surface area contributed by atoms with Gasteiger partial charge in [-0.1, -0.05) is 30.8 Å². The van der Waals surface area contributed by atoms with E-state index in [2.05, 4.69) is 18.1 Å². The van der Waals surface area contributed by atoms with E-state index in [4.69, 9.17) is 11.6 Å². The molecule has 0 amide bonds. The van der Waals surface area contributed by atoms with Crippen molar-refractivity contribution in [3.05, 3.63) is 48.3 Å². The average Bonchev–Trinajstić information content (AvgIpc) is 2.04. The van der Waals surface area contributed by atoms with E-state index in [1.807, 2.05) is 12.1 Å². The third-order valence-electron chi connectivity index (χ3n) is 1.35. The highest BCUT2D eigenvalue weighted by atomic mass is 35.5. The highest BCUT2D eigenvalue weighted by Crippen LogP contribution is 2.19. The van der Waals surface area contributed by atoms with Crippen molar-refractivity contribution in [3.8, 4) is 0 Å². The molecule has 0 bridgehead atoms. The van der Waals surface area contributed by atoms with E-state index < -0.39 is 0 Å². The molecule has 0 fully saturated rings. The van der Waals surface area contributed by atoms with Crippen molar-refractivity contribution >= 4 is 17.2 Å². The molecule has 56 valence electrons. The molecule has 0 aliphatic carbocycles. The van der Waals surface area contributed by atoms with Gasteiger partial charge in [-0.3, -0.25) is 0 Å². The Balaban J connectivity index is 3.13. The van der Waals surface area contributed by atoms with Crippen molar-refractivity contribution in [1.82, 2.24) is 4.98 Å². The van der Waals surface area contributed by atoms with Gasteiger partial charge >= 0.3 is 0 Å². The van der Waals surface area contributed by atoms with Gasteiger partial charge in [-0.2, -0.15) is 0 Å². The van der Waals surface area contributed by atoms with Crippen molar-refractivity contribution in [3.63, 3.8) is 0 Å². The molecule has 2 heteroatoms. The van der Waals surface area contributed by atoms with Crippen LogP contribution in [0.3, 0.4) is 0 Å². The SMILES string of the molecule is C=CC(=C)c1cccnc1Cl. The normalized spacial score (nSPS) is 9.18. The molecule has 0 saturated heterocycles. The van der Waals surface area contributed by atoms with Crippen molar-refractivity contribution in [1.29, 1.82) is 0 Å². The molecule has 0 aliphatic rings. The van der Waals surface area contributed by atoms with Gasteiger partial charge in [0.1, 0.15) is 5.15 Å². The summed E-state index contributed by atoms with van der Waals surface area (Å²) >= 11 is 5.78. The largest absolute Gasteiger partial charge is 0.244 e. The molecule has 1 heterocycles. The lowest BCUT2D eigenvalue weighted by Gasteiger charge is -2.00. The third-order valence-corrected chi connectivity index (χ3v) is 1.65. The maximum atomic E-state index is 5.78. The summed E-state index contributed by atoms with van der Waals surface area (Å²) in [6.45, 7) is 7.35.